The van der Waals surface area contributed by atoms with E-state index in [9.17, 15) is 0 Å². The number of rotatable bonds is 2. The minimum absolute atomic E-state index is 0.824. The second-order valence-corrected chi connectivity index (χ2v) is 2.59. The predicted octanol–water partition coefficient (Wildman–Crippen LogP) is 1.45. The minimum Gasteiger partial charge on any atom is -0.398 e. The van der Waals surface area contributed by atoms with Crippen LogP contribution in [0.1, 0.15) is 6.42 Å². The van der Waals surface area contributed by atoms with Gasteiger partial charge >= 0.3 is 0 Å². The molecular weight excluding hydrogens is 148 g/mol. The van der Waals surface area contributed by atoms with Crippen molar-refractivity contribution in [3.8, 4) is 0 Å². The molecule has 0 saturated heterocycles. The molecule has 0 aromatic rings. The van der Waals surface area contributed by atoms with Crippen LogP contribution in [0.3, 0.4) is 0 Å². The van der Waals surface area contributed by atoms with Gasteiger partial charge in [-0.1, -0.05) is 24.3 Å². The molecular formula is C10H14N2. The molecule has 0 fully saturated rings. The van der Waals surface area contributed by atoms with Gasteiger partial charge < -0.3 is 11.1 Å². The third-order valence-electron chi connectivity index (χ3n) is 1.68. The van der Waals surface area contributed by atoms with Crippen molar-refractivity contribution < 1.29 is 0 Å². The van der Waals surface area contributed by atoms with Crippen LogP contribution in [0.2, 0.25) is 0 Å². The highest BCUT2D eigenvalue weighted by atomic mass is 14.8. The fraction of sp³-hybridized carbons (Fsp3) is 0.200. The second kappa shape index (κ2) is 4.44. The summed E-state index contributed by atoms with van der Waals surface area (Å²) < 4.78 is 0. The summed E-state index contributed by atoms with van der Waals surface area (Å²) >= 11 is 0. The van der Waals surface area contributed by atoms with Crippen LogP contribution in [0.25, 0.3) is 0 Å². The first-order chi connectivity index (χ1) is 5.84. The molecule has 0 bridgehead atoms. The smallest absolute Gasteiger partial charge is 0.0364 e. The molecule has 0 aromatic heterocycles. The molecule has 12 heavy (non-hydrogen) atoms. The van der Waals surface area contributed by atoms with E-state index in [1.165, 1.54) is 5.57 Å². The van der Waals surface area contributed by atoms with Crippen LogP contribution in [0, 0.1) is 0 Å². The number of hydrogen-bond acceptors (Lipinski definition) is 2. The van der Waals surface area contributed by atoms with Crippen molar-refractivity contribution in [2.45, 2.75) is 6.42 Å². The summed E-state index contributed by atoms with van der Waals surface area (Å²) in [7, 11) is 1.85. The number of nitrogens with two attached hydrogens (primary N) is 1. The molecule has 0 radical (unpaired) electrons. The maximum absolute atomic E-state index is 5.80. The number of allylic oxidation sites excluding steroid dienone is 6. The molecule has 2 nitrogen and oxygen atoms in total. The van der Waals surface area contributed by atoms with Crippen molar-refractivity contribution in [1.82, 2.24) is 5.32 Å². The van der Waals surface area contributed by atoms with Gasteiger partial charge in [-0.25, -0.2) is 0 Å². The summed E-state index contributed by atoms with van der Waals surface area (Å²) in [5, 5.41) is 2.90. The zero-order valence-electron chi connectivity index (χ0n) is 7.25. The largest absolute Gasteiger partial charge is 0.398 e. The van der Waals surface area contributed by atoms with Crippen LogP contribution in [-0.4, -0.2) is 7.05 Å². The molecule has 1 aliphatic carbocycles. The van der Waals surface area contributed by atoms with Crippen LogP contribution in [-0.2, 0) is 0 Å². The second-order valence-electron chi connectivity index (χ2n) is 2.59. The van der Waals surface area contributed by atoms with Crippen LogP contribution in [0.5, 0.6) is 0 Å². The van der Waals surface area contributed by atoms with Crippen LogP contribution in [0.4, 0.5) is 0 Å². The van der Waals surface area contributed by atoms with Crippen molar-refractivity contribution in [1.29, 1.82) is 0 Å². The fourth-order valence-electron chi connectivity index (χ4n) is 1.01. The highest BCUT2D eigenvalue weighted by Crippen LogP contribution is 2.12. The van der Waals surface area contributed by atoms with Crippen molar-refractivity contribution >= 4 is 0 Å². The first-order valence-electron chi connectivity index (χ1n) is 4.00. The standard InChI is InChI=1S/C10H14N2/c1-12-8-7-10(11)9-5-3-2-4-6-9/h2-5,7-8,12H,6,11H2,1H3/b8-7-,10-9+. The first kappa shape index (κ1) is 8.65. The Hall–Kier alpha value is -1.44. The van der Waals surface area contributed by atoms with E-state index in [4.69, 9.17) is 5.73 Å². The van der Waals surface area contributed by atoms with Gasteiger partial charge in [-0.3, -0.25) is 0 Å². The summed E-state index contributed by atoms with van der Waals surface area (Å²) in [6.45, 7) is 0. The van der Waals surface area contributed by atoms with Gasteiger partial charge in [0.25, 0.3) is 0 Å². The lowest BCUT2D eigenvalue weighted by molar-refractivity contribution is 1.09. The zero-order valence-corrected chi connectivity index (χ0v) is 7.25. The summed E-state index contributed by atoms with van der Waals surface area (Å²) in [6.07, 6.45) is 12.8. The summed E-state index contributed by atoms with van der Waals surface area (Å²) in [6, 6.07) is 0. The third-order valence-corrected chi connectivity index (χ3v) is 1.68. The monoisotopic (exact) mass is 162 g/mol. The van der Waals surface area contributed by atoms with Crippen molar-refractivity contribution in [2.24, 2.45) is 5.73 Å². The fourth-order valence-corrected chi connectivity index (χ4v) is 1.01. The van der Waals surface area contributed by atoms with E-state index in [1.54, 1.807) is 0 Å². The van der Waals surface area contributed by atoms with Gasteiger partial charge in [0.05, 0.1) is 0 Å². The Morgan fingerprint density at radius 1 is 1.58 bits per heavy atom. The zero-order chi connectivity index (χ0) is 8.81. The maximum atomic E-state index is 5.80. The Labute approximate surface area is 73.1 Å². The predicted molar refractivity (Wildman–Crippen MR) is 52.3 cm³/mol. The van der Waals surface area contributed by atoms with E-state index < -0.39 is 0 Å². The Bertz CT molecular complexity index is 257. The van der Waals surface area contributed by atoms with Crippen LogP contribution >= 0.6 is 0 Å². The number of hydrogen-bond donors (Lipinski definition) is 2. The highest BCUT2D eigenvalue weighted by Gasteiger charge is 1.96. The average molecular weight is 162 g/mol. The average Bonchev–Trinajstić information content (AvgIpc) is 2.15. The Kier molecular flexibility index (Phi) is 3.20. The molecule has 2 heteroatoms. The van der Waals surface area contributed by atoms with Gasteiger partial charge in [0.2, 0.25) is 0 Å². The molecule has 0 heterocycles. The topological polar surface area (TPSA) is 38.0 Å². The van der Waals surface area contributed by atoms with Crippen LogP contribution < -0.4 is 11.1 Å². The lowest BCUT2D eigenvalue weighted by Gasteiger charge is -2.04. The lowest BCUT2D eigenvalue weighted by Crippen LogP contribution is -2.01. The van der Waals surface area contributed by atoms with E-state index in [2.05, 4.69) is 11.4 Å². The summed E-state index contributed by atoms with van der Waals surface area (Å²) in [5.41, 5.74) is 7.80. The van der Waals surface area contributed by atoms with Gasteiger partial charge in [-0.15, -0.1) is 0 Å². The molecule has 1 aliphatic rings. The van der Waals surface area contributed by atoms with Gasteiger partial charge in [-0.2, -0.15) is 0 Å². The molecule has 0 spiro atoms. The Morgan fingerprint density at radius 3 is 3.00 bits per heavy atom. The van der Waals surface area contributed by atoms with E-state index in [0.717, 1.165) is 12.1 Å². The van der Waals surface area contributed by atoms with Crippen LogP contribution in [0.15, 0.2) is 47.9 Å². The lowest BCUT2D eigenvalue weighted by atomic mass is 10.1. The van der Waals surface area contributed by atoms with Gasteiger partial charge in [0.15, 0.2) is 0 Å². The van der Waals surface area contributed by atoms with Gasteiger partial charge in [0, 0.05) is 12.7 Å². The molecule has 1 rings (SSSR count). The SMILES string of the molecule is CN/C=C\C(N)=C1\C=CC=CC1. The van der Waals surface area contributed by atoms with E-state index >= 15 is 0 Å². The Balaban J connectivity index is 2.70. The molecule has 0 aromatic carbocycles. The summed E-state index contributed by atoms with van der Waals surface area (Å²) in [4.78, 5) is 0. The molecule has 0 atom stereocenters. The maximum Gasteiger partial charge on any atom is 0.0364 e. The summed E-state index contributed by atoms with van der Waals surface area (Å²) in [5.74, 6) is 0. The van der Waals surface area contributed by atoms with E-state index in [-0.39, 0.29) is 0 Å². The molecule has 0 aliphatic heterocycles. The highest BCUT2D eigenvalue weighted by molar-refractivity contribution is 5.36. The van der Waals surface area contributed by atoms with Crippen molar-refractivity contribution in [3.63, 3.8) is 0 Å². The molecule has 64 valence electrons. The number of nitrogens with one attached hydrogen (secondary N) is 1. The van der Waals surface area contributed by atoms with Crippen molar-refractivity contribution in [2.75, 3.05) is 7.05 Å². The Morgan fingerprint density at radius 2 is 2.42 bits per heavy atom. The van der Waals surface area contributed by atoms with E-state index in [0.29, 0.717) is 0 Å². The molecule has 0 unspecified atom stereocenters. The third kappa shape index (κ3) is 2.31. The molecule has 0 saturated carbocycles. The normalized spacial score (nSPS) is 20.1. The molecule has 3 N–H and O–H groups in total. The first-order valence-corrected chi connectivity index (χ1v) is 4.00. The van der Waals surface area contributed by atoms with Crippen molar-refractivity contribution in [3.05, 3.63) is 47.9 Å². The van der Waals surface area contributed by atoms with E-state index in [1.807, 2.05) is 37.6 Å². The minimum atomic E-state index is 0.824. The van der Waals surface area contributed by atoms with Gasteiger partial charge in [0.1, 0.15) is 0 Å². The molecule has 0 amide bonds. The van der Waals surface area contributed by atoms with Gasteiger partial charge in [-0.05, 0) is 24.3 Å². The quantitative estimate of drug-likeness (QED) is 0.645.